The Labute approximate surface area is 140 Å². The number of carbonyl (C=O) groups excluding carboxylic acids is 1. The molecule has 1 fully saturated rings. The third kappa shape index (κ3) is 2.91. The van der Waals surface area contributed by atoms with Crippen LogP contribution in [0.1, 0.15) is 40.3 Å². The second-order valence-electron chi connectivity index (χ2n) is 6.19. The van der Waals surface area contributed by atoms with E-state index in [1.54, 1.807) is 6.20 Å². The molecule has 0 unspecified atom stereocenters. The van der Waals surface area contributed by atoms with Crippen molar-refractivity contribution < 1.29 is 14.7 Å². The molecule has 0 saturated carbocycles. The number of rotatable bonds is 4. The zero-order valence-corrected chi connectivity index (χ0v) is 13.9. The Bertz CT molecular complexity index is 767. The van der Waals surface area contributed by atoms with Crippen molar-refractivity contribution in [3.63, 3.8) is 0 Å². The fourth-order valence-corrected chi connectivity index (χ4v) is 3.34. The summed E-state index contributed by atoms with van der Waals surface area (Å²) in [5.74, 6) is -1.12. The van der Waals surface area contributed by atoms with E-state index in [2.05, 4.69) is 4.98 Å². The molecule has 126 valence electrons. The average molecular weight is 327 g/mol. The van der Waals surface area contributed by atoms with Crippen molar-refractivity contribution in [2.24, 2.45) is 0 Å². The summed E-state index contributed by atoms with van der Waals surface area (Å²) in [7, 11) is 0. The van der Waals surface area contributed by atoms with Crippen molar-refractivity contribution in [3.05, 3.63) is 53.1 Å². The Morgan fingerprint density at radius 3 is 2.79 bits per heavy atom. The molecule has 0 aliphatic carbocycles. The number of hydrogen-bond acceptors (Lipinski definition) is 3. The Hall–Kier alpha value is -2.63. The quantitative estimate of drug-likeness (QED) is 0.934. The predicted molar refractivity (Wildman–Crippen MR) is 88.9 cm³/mol. The minimum absolute atomic E-state index is 0.194. The summed E-state index contributed by atoms with van der Waals surface area (Å²) in [5, 5.41) is 9.30. The first-order valence-electron chi connectivity index (χ1n) is 8.09. The number of nitrogens with zero attached hydrogens (tertiary/aromatic N) is 3. The number of hydrogen-bond donors (Lipinski definition) is 1. The summed E-state index contributed by atoms with van der Waals surface area (Å²) < 4.78 is 2.04. The van der Waals surface area contributed by atoms with E-state index >= 15 is 0 Å². The zero-order chi connectivity index (χ0) is 17.3. The molecular weight excluding hydrogens is 306 g/mol. The van der Waals surface area contributed by atoms with Crippen LogP contribution in [-0.4, -0.2) is 44.0 Å². The van der Waals surface area contributed by atoms with E-state index in [0.717, 1.165) is 23.5 Å². The van der Waals surface area contributed by atoms with Crippen molar-refractivity contribution >= 4 is 11.9 Å². The van der Waals surface area contributed by atoms with Crippen molar-refractivity contribution in [2.45, 2.75) is 39.3 Å². The van der Waals surface area contributed by atoms with Gasteiger partial charge < -0.3 is 14.6 Å². The molecule has 0 bridgehead atoms. The number of aryl methyl sites for hydroxylation is 1. The second kappa shape index (κ2) is 6.47. The Morgan fingerprint density at radius 2 is 2.12 bits per heavy atom. The van der Waals surface area contributed by atoms with E-state index in [9.17, 15) is 14.7 Å². The average Bonchev–Trinajstić information content (AvgIpc) is 3.16. The van der Waals surface area contributed by atoms with Crippen LogP contribution in [0.4, 0.5) is 0 Å². The zero-order valence-electron chi connectivity index (χ0n) is 13.9. The first kappa shape index (κ1) is 16.2. The molecule has 0 radical (unpaired) electrons. The summed E-state index contributed by atoms with van der Waals surface area (Å²) in [5.41, 5.74) is 3.31. The molecule has 2 aromatic heterocycles. The number of aromatic nitrogens is 2. The number of carboxylic acid groups (broad SMARTS) is 1. The number of aliphatic carboxylic acids is 1. The highest BCUT2D eigenvalue weighted by Gasteiger charge is 2.35. The maximum Gasteiger partial charge on any atom is 0.326 e. The summed E-state index contributed by atoms with van der Waals surface area (Å²) in [4.78, 5) is 30.0. The lowest BCUT2D eigenvalue weighted by atomic mass is 10.2. The van der Waals surface area contributed by atoms with Gasteiger partial charge in [-0.3, -0.25) is 9.78 Å². The summed E-state index contributed by atoms with van der Waals surface area (Å²) in [6.07, 6.45) is 3.00. The van der Waals surface area contributed by atoms with Crippen molar-refractivity contribution in [1.82, 2.24) is 14.5 Å². The highest BCUT2D eigenvalue weighted by molar-refractivity contribution is 5.98. The maximum absolute atomic E-state index is 12.8. The molecule has 1 atom stereocenters. The summed E-state index contributed by atoms with van der Waals surface area (Å²) >= 11 is 0. The minimum Gasteiger partial charge on any atom is -0.480 e. The Kier molecular flexibility index (Phi) is 4.38. The summed E-state index contributed by atoms with van der Waals surface area (Å²) in [6, 6.07) is 6.88. The van der Waals surface area contributed by atoms with Gasteiger partial charge in [-0.25, -0.2) is 4.79 Å². The molecule has 1 aliphatic heterocycles. The van der Waals surface area contributed by atoms with Gasteiger partial charge in [0, 0.05) is 24.1 Å². The van der Waals surface area contributed by atoms with Gasteiger partial charge in [0.05, 0.1) is 17.8 Å². The monoisotopic (exact) mass is 327 g/mol. The molecule has 1 amide bonds. The molecule has 3 rings (SSSR count). The molecule has 2 aromatic rings. The molecule has 3 heterocycles. The highest BCUT2D eigenvalue weighted by Crippen LogP contribution is 2.24. The van der Waals surface area contributed by atoms with Gasteiger partial charge in [0.25, 0.3) is 5.91 Å². The van der Waals surface area contributed by atoms with Gasteiger partial charge in [-0.1, -0.05) is 6.07 Å². The highest BCUT2D eigenvalue weighted by atomic mass is 16.4. The van der Waals surface area contributed by atoms with Crippen LogP contribution in [0.3, 0.4) is 0 Å². The number of amides is 1. The topological polar surface area (TPSA) is 75.4 Å². The molecule has 1 aliphatic rings. The second-order valence-corrected chi connectivity index (χ2v) is 6.19. The van der Waals surface area contributed by atoms with Gasteiger partial charge >= 0.3 is 5.97 Å². The van der Waals surface area contributed by atoms with Crippen LogP contribution in [0.15, 0.2) is 30.5 Å². The standard InChI is InChI=1S/C18H21N3O3/c1-12-10-15(17(22)20-9-5-7-16(20)18(23)24)13(2)21(12)11-14-6-3-4-8-19-14/h3-4,6,8,10,16H,5,7,9,11H2,1-2H3,(H,23,24)/t16-/m0/s1. The van der Waals surface area contributed by atoms with E-state index in [1.165, 1.54) is 4.90 Å². The van der Waals surface area contributed by atoms with Crippen molar-refractivity contribution in [2.75, 3.05) is 6.54 Å². The van der Waals surface area contributed by atoms with E-state index in [4.69, 9.17) is 0 Å². The number of carboxylic acids is 1. The van der Waals surface area contributed by atoms with Gasteiger partial charge in [0.1, 0.15) is 6.04 Å². The maximum atomic E-state index is 12.8. The van der Waals surface area contributed by atoms with E-state index in [0.29, 0.717) is 25.1 Å². The van der Waals surface area contributed by atoms with Crippen molar-refractivity contribution in [3.8, 4) is 0 Å². The van der Waals surface area contributed by atoms with Gasteiger partial charge in [-0.15, -0.1) is 0 Å². The lowest BCUT2D eigenvalue weighted by molar-refractivity contribution is -0.141. The fraction of sp³-hybridized carbons (Fsp3) is 0.389. The van der Waals surface area contributed by atoms with Crippen LogP contribution < -0.4 is 0 Å². The molecule has 24 heavy (non-hydrogen) atoms. The summed E-state index contributed by atoms with van der Waals surface area (Å²) in [6.45, 7) is 4.94. The molecule has 0 aromatic carbocycles. The van der Waals surface area contributed by atoms with E-state index in [-0.39, 0.29) is 5.91 Å². The first-order chi connectivity index (χ1) is 11.5. The van der Waals surface area contributed by atoms with Crippen LogP contribution in [0.25, 0.3) is 0 Å². The van der Waals surface area contributed by atoms with Gasteiger partial charge in [0.2, 0.25) is 0 Å². The van der Waals surface area contributed by atoms with Crippen LogP contribution >= 0.6 is 0 Å². The largest absolute Gasteiger partial charge is 0.480 e. The van der Waals surface area contributed by atoms with Crippen LogP contribution in [-0.2, 0) is 11.3 Å². The normalized spacial score (nSPS) is 17.2. The van der Waals surface area contributed by atoms with E-state index in [1.807, 2.05) is 42.7 Å². The van der Waals surface area contributed by atoms with Crippen LogP contribution in [0.5, 0.6) is 0 Å². The SMILES string of the molecule is Cc1cc(C(=O)N2CCC[C@H]2C(=O)O)c(C)n1Cc1ccccn1. The lowest BCUT2D eigenvalue weighted by Crippen LogP contribution is -2.40. The smallest absolute Gasteiger partial charge is 0.326 e. The predicted octanol–water partition coefficient (Wildman–Crippen LogP) is 2.24. The van der Waals surface area contributed by atoms with E-state index < -0.39 is 12.0 Å². The number of pyridine rings is 1. The van der Waals surface area contributed by atoms with Gasteiger partial charge in [-0.05, 0) is 44.9 Å². The number of likely N-dealkylation sites (tertiary alicyclic amines) is 1. The van der Waals surface area contributed by atoms with Crippen LogP contribution in [0.2, 0.25) is 0 Å². The minimum atomic E-state index is -0.928. The molecule has 6 nitrogen and oxygen atoms in total. The Morgan fingerprint density at radius 1 is 1.33 bits per heavy atom. The van der Waals surface area contributed by atoms with Crippen LogP contribution in [0, 0.1) is 13.8 Å². The van der Waals surface area contributed by atoms with Gasteiger partial charge in [-0.2, -0.15) is 0 Å². The third-order valence-electron chi connectivity index (χ3n) is 4.65. The number of carbonyl (C=O) groups is 2. The molecule has 6 heteroatoms. The van der Waals surface area contributed by atoms with Crippen molar-refractivity contribution in [1.29, 1.82) is 0 Å². The molecular formula is C18H21N3O3. The lowest BCUT2D eigenvalue weighted by Gasteiger charge is -2.21. The first-order valence-corrected chi connectivity index (χ1v) is 8.09. The third-order valence-corrected chi connectivity index (χ3v) is 4.65. The Balaban J connectivity index is 1.88. The van der Waals surface area contributed by atoms with Gasteiger partial charge in [0.15, 0.2) is 0 Å². The molecule has 0 spiro atoms. The fourth-order valence-electron chi connectivity index (χ4n) is 3.34. The molecule has 1 N–H and O–H groups in total. The molecule has 1 saturated heterocycles.